The Morgan fingerprint density at radius 2 is 1.95 bits per heavy atom. The van der Waals surface area contributed by atoms with Gasteiger partial charge in [0.25, 0.3) is 0 Å². The van der Waals surface area contributed by atoms with E-state index >= 15 is 0 Å². The number of carbonyl (C=O) groups is 1. The zero-order valence-corrected chi connectivity index (χ0v) is 11.0. The number of piperidine rings is 1. The van der Waals surface area contributed by atoms with Crippen LogP contribution in [-0.2, 0) is 4.79 Å². The molecule has 3 rings (SSSR count). The van der Waals surface area contributed by atoms with Crippen molar-refractivity contribution in [1.82, 2.24) is 10.3 Å². The topological polar surface area (TPSA) is 44.7 Å². The highest BCUT2D eigenvalue weighted by Gasteiger charge is 2.33. The number of nitrogens with zero attached hydrogens (tertiary/aromatic N) is 2. The number of benzene rings is 1. The van der Waals surface area contributed by atoms with E-state index < -0.39 is 0 Å². The van der Waals surface area contributed by atoms with Crippen molar-refractivity contribution in [3.8, 4) is 0 Å². The van der Waals surface area contributed by atoms with Gasteiger partial charge in [0.1, 0.15) is 0 Å². The molecule has 0 aliphatic carbocycles. The van der Waals surface area contributed by atoms with E-state index in [-0.39, 0.29) is 17.9 Å². The van der Waals surface area contributed by atoms with Gasteiger partial charge in [0.15, 0.2) is 0 Å². The molecule has 1 unspecified atom stereocenters. The van der Waals surface area contributed by atoms with Gasteiger partial charge < -0.3 is 5.32 Å². The van der Waals surface area contributed by atoms with Gasteiger partial charge in [-0.15, -0.1) is 0 Å². The fraction of sp³-hybridized carbons (Fsp3) is 0.467. The van der Waals surface area contributed by atoms with Crippen molar-refractivity contribution >= 4 is 12.1 Å². The van der Waals surface area contributed by atoms with Gasteiger partial charge in [-0.3, -0.25) is 4.79 Å². The molecule has 0 bridgehead atoms. The smallest absolute Gasteiger partial charge is 0.246 e. The molecule has 0 radical (unpaired) electrons. The molecule has 1 aromatic rings. The summed E-state index contributed by atoms with van der Waals surface area (Å²) in [5.74, 6) is 0.312. The molecule has 1 N–H and O–H groups in total. The molecule has 1 amide bonds. The first kappa shape index (κ1) is 12.4. The van der Waals surface area contributed by atoms with E-state index in [0.717, 1.165) is 32.4 Å². The highest BCUT2D eigenvalue weighted by atomic mass is 16.2. The highest BCUT2D eigenvalue weighted by molar-refractivity contribution is 5.82. The quantitative estimate of drug-likeness (QED) is 0.880. The lowest BCUT2D eigenvalue weighted by Crippen LogP contribution is -2.39. The highest BCUT2D eigenvalue weighted by Crippen LogP contribution is 2.30. The molecule has 4 heteroatoms. The van der Waals surface area contributed by atoms with Crippen LogP contribution < -0.4 is 5.32 Å². The van der Waals surface area contributed by atoms with E-state index in [9.17, 15) is 4.79 Å². The molecule has 0 aromatic heterocycles. The van der Waals surface area contributed by atoms with Crippen LogP contribution in [0.5, 0.6) is 0 Å². The Hall–Kier alpha value is -1.68. The van der Waals surface area contributed by atoms with Crippen molar-refractivity contribution in [3.63, 3.8) is 0 Å². The number of rotatable bonds is 2. The summed E-state index contributed by atoms with van der Waals surface area (Å²) >= 11 is 0. The van der Waals surface area contributed by atoms with Crippen LogP contribution in [0.2, 0.25) is 0 Å². The van der Waals surface area contributed by atoms with Crippen LogP contribution >= 0.6 is 0 Å². The average molecular weight is 257 g/mol. The first-order valence-electron chi connectivity index (χ1n) is 6.97. The molecule has 1 saturated heterocycles. The second-order valence-electron chi connectivity index (χ2n) is 5.17. The minimum absolute atomic E-state index is 0.0867. The molecule has 2 heterocycles. The summed E-state index contributed by atoms with van der Waals surface area (Å²) in [6.07, 6.45) is 4.52. The van der Waals surface area contributed by atoms with Gasteiger partial charge in [0.05, 0.1) is 6.04 Å². The molecule has 1 aromatic carbocycles. The van der Waals surface area contributed by atoms with Crippen LogP contribution in [0.25, 0.3) is 0 Å². The van der Waals surface area contributed by atoms with Gasteiger partial charge in [0, 0.05) is 18.6 Å². The predicted molar refractivity (Wildman–Crippen MR) is 74.7 cm³/mol. The van der Waals surface area contributed by atoms with E-state index in [4.69, 9.17) is 0 Å². The van der Waals surface area contributed by atoms with Crippen LogP contribution in [-0.4, -0.2) is 30.2 Å². The van der Waals surface area contributed by atoms with E-state index in [1.54, 1.807) is 5.01 Å². The van der Waals surface area contributed by atoms with Gasteiger partial charge in [0.2, 0.25) is 5.91 Å². The van der Waals surface area contributed by atoms with Crippen LogP contribution in [0, 0.1) is 5.92 Å². The molecule has 1 fully saturated rings. The minimum atomic E-state index is 0.0867. The number of hydrogen-bond donors (Lipinski definition) is 1. The monoisotopic (exact) mass is 257 g/mol. The fourth-order valence-corrected chi connectivity index (χ4v) is 2.83. The summed E-state index contributed by atoms with van der Waals surface area (Å²) in [5, 5.41) is 9.30. The number of nitrogens with one attached hydrogen (secondary N) is 1. The molecule has 2 aliphatic rings. The Labute approximate surface area is 113 Å². The van der Waals surface area contributed by atoms with Gasteiger partial charge in [-0.05, 0) is 31.5 Å². The lowest BCUT2D eigenvalue weighted by Gasteiger charge is -2.28. The van der Waals surface area contributed by atoms with Crippen molar-refractivity contribution < 1.29 is 4.79 Å². The van der Waals surface area contributed by atoms with Crippen LogP contribution in [0.3, 0.4) is 0 Å². The van der Waals surface area contributed by atoms with Crippen molar-refractivity contribution in [1.29, 1.82) is 0 Å². The summed E-state index contributed by atoms with van der Waals surface area (Å²) in [4.78, 5) is 12.6. The first-order valence-corrected chi connectivity index (χ1v) is 6.97. The van der Waals surface area contributed by atoms with Crippen LogP contribution in [0.15, 0.2) is 35.4 Å². The van der Waals surface area contributed by atoms with Crippen LogP contribution in [0.1, 0.15) is 30.9 Å². The molecule has 4 nitrogen and oxygen atoms in total. The van der Waals surface area contributed by atoms with E-state index in [1.807, 2.05) is 24.4 Å². The van der Waals surface area contributed by atoms with Crippen molar-refractivity contribution in [2.45, 2.75) is 25.3 Å². The summed E-state index contributed by atoms with van der Waals surface area (Å²) in [5.41, 5.74) is 1.17. The maximum Gasteiger partial charge on any atom is 0.246 e. The molecule has 2 aliphatic heterocycles. The number of hydrogen-bond acceptors (Lipinski definition) is 3. The Bertz CT molecular complexity index is 466. The standard InChI is InChI=1S/C15H19N3O/c19-15(13-6-9-16-10-7-13)18-14(8-11-17-18)12-4-2-1-3-5-12/h1-5,11,13-14,16H,6-10H2. The third kappa shape index (κ3) is 2.54. The lowest BCUT2D eigenvalue weighted by molar-refractivity contribution is -0.138. The number of amides is 1. The van der Waals surface area contributed by atoms with Gasteiger partial charge in [-0.25, -0.2) is 5.01 Å². The van der Waals surface area contributed by atoms with Gasteiger partial charge >= 0.3 is 0 Å². The summed E-state index contributed by atoms with van der Waals surface area (Å²) < 4.78 is 0. The Kier molecular flexibility index (Phi) is 3.60. The molecule has 0 spiro atoms. The maximum absolute atomic E-state index is 12.6. The minimum Gasteiger partial charge on any atom is -0.317 e. The largest absolute Gasteiger partial charge is 0.317 e. The van der Waals surface area contributed by atoms with Crippen molar-refractivity contribution in [2.24, 2.45) is 11.0 Å². The predicted octanol–water partition coefficient (Wildman–Crippen LogP) is 1.95. The maximum atomic E-state index is 12.6. The molecule has 100 valence electrons. The number of hydrazone groups is 1. The molecule has 19 heavy (non-hydrogen) atoms. The number of carbonyl (C=O) groups excluding carboxylic acids is 1. The molecule has 0 saturated carbocycles. The zero-order chi connectivity index (χ0) is 13.1. The fourth-order valence-electron chi connectivity index (χ4n) is 2.83. The summed E-state index contributed by atoms with van der Waals surface area (Å²) in [6, 6.07) is 10.3. The second-order valence-corrected chi connectivity index (χ2v) is 5.17. The molecular weight excluding hydrogens is 238 g/mol. The van der Waals surface area contributed by atoms with E-state index in [0.29, 0.717) is 0 Å². The SMILES string of the molecule is O=C(C1CCNCC1)N1N=CCC1c1ccccc1. The third-order valence-electron chi connectivity index (χ3n) is 3.93. The summed E-state index contributed by atoms with van der Waals surface area (Å²) in [7, 11) is 0. The van der Waals surface area contributed by atoms with Crippen molar-refractivity contribution in [2.75, 3.05) is 13.1 Å². The Morgan fingerprint density at radius 1 is 1.21 bits per heavy atom. The first-order chi connectivity index (χ1) is 9.36. The Morgan fingerprint density at radius 3 is 2.68 bits per heavy atom. The second kappa shape index (κ2) is 5.53. The van der Waals surface area contributed by atoms with E-state index in [2.05, 4.69) is 22.6 Å². The zero-order valence-electron chi connectivity index (χ0n) is 11.0. The normalized spacial score (nSPS) is 23.8. The third-order valence-corrected chi connectivity index (χ3v) is 3.93. The summed E-state index contributed by atoms with van der Waals surface area (Å²) in [6.45, 7) is 1.87. The van der Waals surface area contributed by atoms with Crippen LogP contribution in [0.4, 0.5) is 0 Å². The lowest BCUT2D eigenvalue weighted by atomic mass is 9.95. The van der Waals surface area contributed by atoms with Gasteiger partial charge in [-0.1, -0.05) is 30.3 Å². The average Bonchev–Trinajstić information content (AvgIpc) is 2.98. The van der Waals surface area contributed by atoms with Crippen molar-refractivity contribution in [3.05, 3.63) is 35.9 Å². The molecule has 1 atom stereocenters. The van der Waals surface area contributed by atoms with E-state index in [1.165, 1.54) is 5.56 Å². The van der Waals surface area contributed by atoms with Gasteiger partial charge in [-0.2, -0.15) is 5.10 Å². The molecular formula is C15H19N3O. The Balaban J connectivity index is 1.75.